The Morgan fingerprint density at radius 1 is 1.33 bits per heavy atom. The summed E-state index contributed by atoms with van der Waals surface area (Å²) in [5.74, 6) is 0. The van der Waals surface area contributed by atoms with E-state index in [2.05, 4.69) is 30.2 Å². The van der Waals surface area contributed by atoms with E-state index in [1.807, 2.05) is 18.5 Å². The van der Waals surface area contributed by atoms with Crippen LogP contribution in [0, 0.1) is 0 Å². The number of hydrogen-bond donors (Lipinski definition) is 1. The summed E-state index contributed by atoms with van der Waals surface area (Å²) >= 11 is 0. The summed E-state index contributed by atoms with van der Waals surface area (Å²) in [5, 5.41) is 3.60. The normalized spacial score (nSPS) is 12.7. The molecule has 0 fully saturated rings. The Hall–Kier alpha value is -0.890. The number of aromatic nitrogens is 1. The summed E-state index contributed by atoms with van der Waals surface area (Å²) in [7, 11) is 0. The molecule has 1 rings (SSSR count). The second-order valence-corrected chi connectivity index (χ2v) is 3.94. The van der Waals surface area contributed by atoms with Gasteiger partial charge in [-0.05, 0) is 31.0 Å². The highest BCUT2D eigenvalue weighted by Crippen LogP contribution is 2.16. The van der Waals surface area contributed by atoms with Crippen molar-refractivity contribution in [3.8, 4) is 0 Å². The summed E-state index contributed by atoms with van der Waals surface area (Å²) in [6.45, 7) is 5.56. The molecule has 0 saturated heterocycles. The van der Waals surface area contributed by atoms with Crippen LogP contribution in [0.15, 0.2) is 24.5 Å². The van der Waals surface area contributed by atoms with Crippen LogP contribution in [0.4, 0.5) is 0 Å². The van der Waals surface area contributed by atoms with E-state index in [-0.39, 0.29) is 0 Å². The van der Waals surface area contributed by atoms with Crippen molar-refractivity contribution in [1.29, 1.82) is 0 Å². The lowest BCUT2D eigenvalue weighted by Crippen LogP contribution is -2.22. The van der Waals surface area contributed by atoms with E-state index >= 15 is 0 Å². The molecule has 0 amide bonds. The van der Waals surface area contributed by atoms with Crippen molar-refractivity contribution in [3.63, 3.8) is 0 Å². The second kappa shape index (κ2) is 7.41. The van der Waals surface area contributed by atoms with Gasteiger partial charge in [-0.25, -0.2) is 0 Å². The van der Waals surface area contributed by atoms with E-state index in [0.717, 1.165) is 6.54 Å². The van der Waals surface area contributed by atoms with Crippen molar-refractivity contribution in [3.05, 3.63) is 30.1 Å². The van der Waals surface area contributed by atoms with Crippen LogP contribution in [0.5, 0.6) is 0 Å². The van der Waals surface area contributed by atoms with Crippen LogP contribution in [0.25, 0.3) is 0 Å². The van der Waals surface area contributed by atoms with Crippen molar-refractivity contribution >= 4 is 0 Å². The van der Waals surface area contributed by atoms with Gasteiger partial charge in [-0.2, -0.15) is 0 Å². The quantitative estimate of drug-likeness (QED) is 0.692. The predicted octanol–water partition coefficient (Wildman–Crippen LogP) is 3.31. The summed E-state index contributed by atoms with van der Waals surface area (Å²) in [4.78, 5) is 4.18. The van der Waals surface area contributed by atoms with Gasteiger partial charge in [-0.3, -0.25) is 4.98 Å². The topological polar surface area (TPSA) is 24.9 Å². The van der Waals surface area contributed by atoms with Crippen molar-refractivity contribution in [2.45, 2.75) is 45.6 Å². The first-order valence-electron chi connectivity index (χ1n) is 6.01. The van der Waals surface area contributed by atoms with E-state index in [1.165, 1.54) is 31.2 Å². The fraction of sp³-hybridized carbons (Fsp3) is 0.615. The third-order valence-electron chi connectivity index (χ3n) is 2.59. The first-order chi connectivity index (χ1) is 7.38. The molecule has 15 heavy (non-hydrogen) atoms. The third kappa shape index (κ3) is 4.43. The highest BCUT2D eigenvalue weighted by atomic mass is 14.9. The molecule has 2 heteroatoms. The SMILES string of the molecule is CCCCNC(CCC)c1cccnc1. The molecule has 1 atom stereocenters. The highest BCUT2D eigenvalue weighted by molar-refractivity contribution is 5.13. The van der Waals surface area contributed by atoms with Gasteiger partial charge in [0, 0.05) is 18.4 Å². The fourth-order valence-corrected chi connectivity index (χ4v) is 1.71. The van der Waals surface area contributed by atoms with Gasteiger partial charge >= 0.3 is 0 Å². The van der Waals surface area contributed by atoms with E-state index < -0.39 is 0 Å². The fourth-order valence-electron chi connectivity index (χ4n) is 1.71. The Kier molecular flexibility index (Phi) is 6.02. The van der Waals surface area contributed by atoms with Crippen molar-refractivity contribution in [2.75, 3.05) is 6.54 Å². The zero-order valence-corrected chi connectivity index (χ0v) is 9.87. The highest BCUT2D eigenvalue weighted by Gasteiger charge is 2.08. The van der Waals surface area contributed by atoms with Gasteiger partial charge in [0.25, 0.3) is 0 Å². The Morgan fingerprint density at radius 3 is 2.80 bits per heavy atom. The molecular weight excluding hydrogens is 184 g/mol. The smallest absolute Gasteiger partial charge is 0.0335 e. The molecule has 1 aromatic heterocycles. The summed E-state index contributed by atoms with van der Waals surface area (Å²) in [6.07, 6.45) is 8.70. The largest absolute Gasteiger partial charge is 0.310 e. The van der Waals surface area contributed by atoms with Crippen molar-refractivity contribution in [1.82, 2.24) is 10.3 Å². The van der Waals surface area contributed by atoms with Crippen LogP contribution in [0.3, 0.4) is 0 Å². The third-order valence-corrected chi connectivity index (χ3v) is 2.59. The van der Waals surface area contributed by atoms with Gasteiger partial charge in [0.2, 0.25) is 0 Å². The average Bonchev–Trinajstić information content (AvgIpc) is 2.29. The zero-order chi connectivity index (χ0) is 10.9. The van der Waals surface area contributed by atoms with Gasteiger partial charge in [0.15, 0.2) is 0 Å². The Labute approximate surface area is 93.1 Å². The monoisotopic (exact) mass is 206 g/mol. The second-order valence-electron chi connectivity index (χ2n) is 3.94. The van der Waals surface area contributed by atoms with Crippen LogP contribution < -0.4 is 5.32 Å². The minimum Gasteiger partial charge on any atom is -0.310 e. The minimum atomic E-state index is 0.482. The first kappa shape index (κ1) is 12.2. The molecule has 1 N–H and O–H groups in total. The molecule has 0 aliphatic heterocycles. The maximum absolute atomic E-state index is 4.18. The lowest BCUT2D eigenvalue weighted by atomic mass is 10.0. The molecule has 2 nitrogen and oxygen atoms in total. The Balaban J connectivity index is 2.50. The molecule has 0 radical (unpaired) electrons. The van der Waals surface area contributed by atoms with Gasteiger partial charge in [0.05, 0.1) is 0 Å². The Bertz CT molecular complexity index is 246. The summed E-state index contributed by atoms with van der Waals surface area (Å²) in [5.41, 5.74) is 1.32. The number of nitrogens with zero attached hydrogens (tertiary/aromatic N) is 1. The maximum Gasteiger partial charge on any atom is 0.0335 e. The molecular formula is C13H22N2. The molecule has 0 spiro atoms. The molecule has 0 aliphatic rings. The predicted molar refractivity (Wildman–Crippen MR) is 64.8 cm³/mol. The summed E-state index contributed by atoms with van der Waals surface area (Å²) in [6, 6.07) is 4.65. The van der Waals surface area contributed by atoms with Crippen LogP contribution in [-0.2, 0) is 0 Å². The standard InChI is InChI=1S/C13H22N2/c1-3-5-10-15-13(7-4-2)12-8-6-9-14-11-12/h6,8-9,11,13,15H,3-5,7,10H2,1-2H3. The lowest BCUT2D eigenvalue weighted by molar-refractivity contribution is 0.485. The van der Waals surface area contributed by atoms with E-state index in [1.54, 1.807) is 0 Å². The Morgan fingerprint density at radius 2 is 2.20 bits per heavy atom. The number of rotatable bonds is 7. The molecule has 1 aromatic rings. The molecule has 84 valence electrons. The first-order valence-corrected chi connectivity index (χ1v) is 6.01. The molecule has 0 saturated carbocycles. The number of pyridine rings is 1. The van der Waals surface area contributed by atoms with Crippen LogP contribution in [0.1, 0.15) is 51.1 Å². The van der Waals surface area contributed by atoms with E-state index in [0.29, 0.717) is 6.04 Å². The molecule has 1 unspecified atom stereocenters. The van der Waals surface area contributed by atoms with Gasteiger partial charge in [-0.15, -0.1) is 0 Å². The van der Waals surface area contributed by atoms with Gasteiger partial charge in [0.1, 0.15) is 0 Å². The van der Waals surface area contributed by atoms with Gasteiger partial charge in [-0.1, -0.05) is 32.8 Å². The molecule has 0 bridgehead atoms. The lowest BCUT2D eigenvalue weighted by Gasteiger charge is -2.17. The summed E-state index contributed by atoms with van der Waals surface area (Å²) < 4.78 is 0. The van der Waals surface area contributed by atoms with Crippen molar-refractivity contribution in [2.24, 2.45) is 0 Å². The molecule has 0 aromatic carbocycles. The zero-order valence-electron chi connectivity index (χ0n) is 9.87. The van der Waals surface area contributed by atoms with Crippen LogP contribution in [0.2, 0.25) is 0 Å². The number of unbranched alkanes of at least 4 members (excludes halogenated alkanes) is 1. The number of nitrogens with one attached hydrogen (secondary N) is 1. The van der Waals surface area contributed by atoms with Gasteiger partial charge < -0.3 is 5.32 Å². The maximum atomic E-state index is 4.18. The van der Waals surface area contributed by atoms with Crippen LogP contribution in [-0.4, -0.2) is 11.5 Å². The minimum absolute atomic E-state index is 0.482. The molecule has 0 aliphatic carbocycles. The van der Waals surface area contributed by atoms with E-state index in [4.69, 9.17) is 0 Å². The average molecular weight is 206 g/mol. The molecule has 1 heterocycles. The van der Waals surface area contributed by atoms with E-state index in [9.17, 15) is 0 Å². The van der Waals surface area contributed by atoms with Crippen LogP contribution >= 0.6 is 0 Å². The number of hydrogen-bond acceptors (Lipinski definition) is 2. The van der Waals surface area contributed by atoms with Crippen molar-refractivity contribution < 1.29 is 0 Å².